The summed E-state index contributed by atoms with van der Waals surface area (Å²) in [6.45, 7) is 9.61. The number of hydrogen-bond donors (Lipinski definition) is 0. The summed E-state index contributed by atoms with van der Waals surface area (Å²) in [5.41, 5.74) is 3.10. The van der Waals surface area contributed by atoms with Gasteiger partial charge >= 0.3 is 0 Å². The van der Waals surface area contributed by atoms with Gasteiger partial charge in [0.25, 0.3) is 5.56 Å². The van der Waals surface area contributed by atoms with Gasteiger partial charge in [-0.1, -0.05) is 93.2 Å². The van der Waals surface area contributed by atoms with Gasteiger partial charge in [-0.3, -0.25) is 19.1 Å². The van der Waals surface area contributed by atoms with Crippen LogP contribution in [0.3, 0.4) is 0 Å². The van der Waals surface area contributed by atoms with E-state index in [9.17, 15) is 9.59 Å². The van der Waals surface area contributed by atoms with E-state index in [4.69, 9.17) is 4.98 Å². The summed E-state index contributed by atoms with van der Waals surface area (Å²) in [5.74, 6) is 0.610. The summed E-state index contributed by atoms with van der Waals surface area (Å²) in [6, 6.07) is 23.0. The average Bonchev–Trinajstić information content (AvgIpc) is 2.89. The Morgan fingerprint density at radius 2 is 1.53 bits per heavy atom. The predicted molar refractivity (Wildman–Crippen MR) is 144 cm³/mol. The minimum atomic E-state index is -0.201. The van der Waals surface area contributed by atoms with E-state index in [0.717, 1.165) is 23.9 Å². The van der Waals surface area contributed by atoms with Gasteiger partial charge in [0.15, 0.2) is 5.16 Å². The van der Waals surface area contributed by atoms with Crippen LogP contribution in [0, 0.1) is 5.92 Å². The summed E-state index contributed by atoms with van der Waals surface area (Å²) < 4.78 is 1.68. The Labute approximate surface area is 217 Å². The van der Waals surface area contributed by atoms with Gasteiger partial charge in [0.2, 0.25) is 5.91 Å². The molecule has 6 nitrogen and oxygen atoms in total. The van der Waals surface area contributed by atoms with Crippen LogP contribution in [0.5, 0.6) is 0 Å². The van der Waals surface area contributed by atoms with E-state index in [0.29, 0.717) is 25.4 Å². The standard InChI is InChI=1S/C29H34N4O2S/c1-29(2,3)24-18-25(34)33-19-23(20-36-28(33)30-24)27(35)32-16-14-31(15-17-32)26(21-10-6-4-7-11-21)22-12-8-5-9-13-22/h4-13,18,23,26H,14-17,19-20H2,1-3H3. The highest BCUT2D eigenvalue weighted by molar-refractivity contribution is 7.99. The maximum absolute atomic E-state index is 13.5. The highest BCUT2D eigenvalue weighted by Crippen LogP contribution is 2.31. The quantitative estimate of drug-likeness (QED) is 0.501. The van der Waals surface area contributed by atoms with E-state index >= 15 is 0 Å². The second-order valence-electron chi connectivity index (χ2n) is 10.7. The molecule has 36 heavy (non-hydrogen) atoms. The lowest BCUT2D eigenvalue weighted by Crippen LogP contribution is -2.52. The van der Waals surface area contributed by atoms with Gasteiger partial charge in [0, 0.05) is 50.0 Å². The van der Waals surface area contributed by atoms with Crippen LogP contribution in [0.2, 0.25) is 0 Å². The number of fused-ring (bicyclic) bond motifs is 1. The van der Waals surface area contributed by atoms with Crippen LogP contribution >= 0.6 is 11.8 Å². The fourth-order valence-corrected chi connectivity index (χ4v) is 6.17. The molecule has 0 N–H and O–H groups in total. The lowest BCUT2D eigenvalue weighted by molar-refractivity contribution is -0.137. The van der Waals surface area contributed by atoms with Gasteiger partial charge in [0.05, 0.1) is 17.7 Å². The molecule has 1 unspecified atom stereocenters. The molecule has 5 rings (SSSR count). The third kappa shape index (κ3) is 5.13. The van der Waals surface area contributed by atoms with Crippen molar-refractivity contribution in [2.45, 2.75) is 43.9 Å². The molecule has 1 amide bonds. The van der Waals surface area contributed by atoms with Crippen LogP contribution in [0.1, 0.15) is 43.6 Å². The monoisotopic (exact) mass is 502 g/mol. The first-order valence-electron chi connectivity index (χ1n) is 12.7. The van der Waals surface area contributed by atoms with Gasteiger partial charge in [0.1, 0.15) is 0 Å². The average molecular weight is 503 g/mol. The van der Waals surface area contributed by atoms with Gasteiger partial charge in [-0.2, -0.15) is 0 Å². The molecule has 1 aromatic heterocycles. The number of hydrogen-bond acceptors (Lipinski definition) is 5. The second kappa shape index (κ2) is 10.2. The molecule has 2 aliphatic rings. The first-order valence-corrected chi connectivity index (χ1v) is 13.7. The van der Waals surface area contributed by atoms with Crippen LogP contribution in [-0.4, -0.2) is 57.2 Å². The number of carbonyl (C=O) groups is 1. The fraction of sp³-hybridized carbons (Fsp3) is 0.414. The van der Waals surface area contributed by atoms with Crippen molar-refractivity contribution >= 4 is 17.7 Å². The Kier molecular flexibility index (Phi) is 7.04. The molecular weight excluding hydrogens is 468 g/mol. The molecule has 0 saturated carbocycles. The molecule has 7 heteroatoms. The topological polar surface area (TPSA) is 58.4 Å². The number of thioether (sulfide) groups is 1. The molecule has 2 aliphatic heterocycles. The zero-order valence-corrected chi connectivity index (χ0v) is 22.1. The number of aromatic nitrogens is 2. The van der Waals surface area contributed by atoms with Gasteiger partial charge in [-0.15, -0.1) is 0 Å². The van der Waals surface area contributed by atoms with Gasteiger partial charge in [-0.25, -0.2) is 4.98 Å². The van der Waals surface area contributed by atoms with Crippen molar-refractivity contribution < 1.29 is 4.79 Å². The maximum Gasteiger partial charge on any atom is 0.254 e. The number of benzene rings is 2. The molecule has 0 aliphatic carbocycles. The summed E-state index contributed by atoms with van der Waals surface area (Å²) in [6.07, 6.45) is 0. The van der Waals surface area contributed by atoms with Crippen LogP contribution in [0.4, 0.5) is 0 Å². The maximum atomic E-state index is 13.5. The van der Waals surface area contributed by atoms with Crippen molar-refractivity contribution in [1.29, 1.82) is 0 Å². The number of amides is 1. The van der Waals surface area contributed by atoms with Crippen molar-refractivity contribution in [3.8, 4) is 0 Å². The highest BCUT2D eigenvalue weighted by Gasteiger charge is 2.34. The summed E-state index contributed by atoms with van der Waals surface area (Å²) in [5, 5.41) is 0.731. The fourth-order valence-electron chi connectivity index (χ4n) is 5.09. The third-order valence-corrected chi connectivity index (χ3v) is 8.27. The SMILES string of the molecule is CC(C)(C)c1cc(=O)n2c(n1)SCC(C(=O)N1CCN(C(c3ccccc3)c3ccccc3)CC1)C2. The number of rotatable bonds is 4. The Morgan fingerprint density at radius 3 is 2.08 bits per heavy atom. The Balaban J connectivity index is 1.27. The Bertz CT molecular complexity index is 1220. The Morgan fingerprint density at radius 1 is 0.944 bits per heavy atom. The summed E-state index contributed by atoms with van der Waals surface area (Å²) >= 11 is 1.53. The molecule has 0 spiro atoms. The predicted octanol–water partition coefficient (Wildman–Crippen LogP) is 4.20. The van der Waals surface area contributed by atoms with Crippen molar-refractivity contribution in [3.05, 3.63) is 93.9 Å². The lowest BCUT2D eigenvalue weighted by Gasteiger charge is -2.41. The molecule has 188 valence electrons. The van der Waals surface area contributed by atoms with E-state index in [1.807, 2.05) is 17.0 Å². The molecule has 2 aromatic carbocycles. The van der Waals surface area contributed by atoms with Crippen LogP contribution in [-0.2, 0) is 16.8 Å². The van der Waals surface area contributed by atoms with E-state index < -0.39 is 0 Å². The lowest BCUT2D eigenvalue weighted by atomic mass is 9.92. The minimum Gasteiger partial charge on any atom is -0.340 e. The van der Waals surface area contributed by atoms with Crippen LogP contribution in [0.15, 0.2) is 76.7 Å². The van der Waals surface area contributed by atoms with E-state index in [2.05, 4.69) is 74.2 Å². The van der Waals surface area contributed by atoms with Gasteiger partial charge < -0.3 is 4.90 Å². The van der Waals surface area contributed by atoms with Crippen molar-refractivity contribution in [2.75, 3.05) is 31.9 Å². The van der Waals surface area contributed by atoms with Crippen molar-refractivity contribution in [3.63, 3.8) is 0 Å². The first kappa shape index (κ1) is 24.8. The number of nitrogens with zero attached hydrogens (tertiary/aromatic N) is 4. The highest BCUT2D eigenvalue weighted by atomic mass is 32.2. The molecule has 0 bridgehead atoms. The molecule has 1 fully saturated rings. The third-order valence-electron chi connectivity index (χ3n) is 7.13. The summed E-state index contributed by atoms with van der Waals surface area (Å²) in [4.78, 5) is 35.5. The largest absolute Gasteiger partial charge is 0.340 e. The molecule has 1 saturated heterocycles. The van der Waals surface area contributed by atoms with E-state index in [-0.39, 0.29) is 28.8 Å². The first-order chi connectivity index (χ1) is 17.3. The van der Waals surface area contributed by atoms with Crippen LogP contribution in [0.25, 0.3) is 0 Å². The number of carbonyl (C=O) groups excluding carboxylic acids is 1. The van der Waals surface area contributed by atoms with Gasteiger partial charge in [-0.05, 0) is 11.1 Å². The van der Waals surface area contributed by atoms with Crippen LogP contribution < -0.4 is 5.56 Å². The molecule has 3 aromatic rings. The molecular formula is C29H34N4O2S. The summed E-state index contributed by atoms with van der Waals surface area (Å²) in [7, 11) is 0. The molecule has 1 atom stereocenters. The zero-order chi connectivity index (χ0) is 25.3. The van der Waals surface area contributed by atoms with E-state index in [1.54, 1.807) is 10.6 Å². The molecule has 0 radical (unpaired) electrons. The molecule has 3 heterocycles. The number of piperazine rings is 1. The minimum absolute atomic E-state index is 0.0618. The second-order valence-corrected chi connectivity index (χ2v) is 11.7. The normalized spacial score (nSPS) is 18.8. The van der Waals surface area contributed by atoms with Crippen molar-refractivity contribution in [1.82, 2.24) is 19.4 Å². The smallest absolute Gasteiger partial charge is 0.254 e. The van der Waals surface area contributed by atoms with E-state index in [1.165, 1.54) is 22.9 Å². The zero-order valence-electron chi connectivity index (χ0n) is 21.3. The Hall–Kier alpha value is -2.90. The van der Waals surface area contributed by atoms with Crippen molar-refractivity contribution in [2.24, 2.45) is 5.92 Å².